The second-order valence-electron chi connectivity index (χ2n) is 5.45. The van der Waals surface area contributed by atoms with Crippen molar-refractivity contribution < 1.29 is 27.5 Å². The number of rotatable bonds is 9. The van der Waals surface area contributed by atoms with Crippen molar-refractivity contribution in [2.75, 3.05) is 18.4 Å². The molecule has 1 rings (SSSR count). The van der Waals surface area contributed by atoms with Crippen LogP contribution in [-0.4, -0.2) is 45.4 Å². The molecule has 0 heterocycles. The molecule has 144 valence electrons. The molecular weight excluding hydrogens is 362 g/mol. The fourth-order valence-corrected chi connectivity index (χ4v) is 2.81. The van der Waals surface area contributed by atoms with Crippen molar-refractivity contribution >= 4 is 33.5 Å². The van der Waals surface area contributed by atoms with Crippen LogP contribution in [0.5, 0.6) is 0 Å². The summed E-state index contributed by atoms with van der Waals surface area (Å²) in [5.74, 6) is -1.60. The Kier molecular flexibility index (Phi) is 8.20. The van der Waals surface area contributed by atoms with E-state index in [0.717, 1.165) is 6.42 Å². The van der Waals surface area contributed by atoms with Crippen molar-refractivity contribution in [2.45, 2.75) is 38.2 Å². The number of carbonyl (C=O) groups excluding carboxylic acids is 3. The minimum absolute atomic E-state index is 0.0758. The fourth-order valence-electron chi connectivity index (χ4n) is 1.84. The molecule has 0 radical (unpaired) electrons. The Morgan fingerprint density at radius 3 is 2.31 bits per heavy atom. The van der Waals surface area contributed by atoms with E-state index < -0.39 is 34.5 Å². The van der Waals surface area contributed by atoms with Crippen molar-refractivity contribution in [3.8, 4) is 0 Å². The molecule has 0 saturated carbocycles. The van der Waals surface area contributed by atoms with E-state index in [1.165, 1.54) is 38.1 Å². The molecule has 1 aromatic carbocycles. The number of hydrogen-bond acceptors (Lipinski definition) is 6. The van der Waals surface area contributed by atoms with Gasteiger partial charge < -0.3 is 15.4 Å². The van der Waals surface area contributed by atoms with Gasteiger partial charge in [0.2, 0.25) is 15.9 Å². The molecule has 0 aliphatic heterocycles. The van der Waals surface area contributed by atoms with Gasteiger partial charge in [-0.25, -0.2) is 8.42 Å². The third-order valence-corrected chi connectivity index (χ3v) is 4.54. The van der Waals surface area contributed by atoms with E-state index in [1.807, 2.05) is 6.92 Å². The summed E-state index contributed by atoms with van der Waals surface area (Å²) in [6, 6.07) is 5.43. The van der Waals surface area contributed by atoms with Crippen molar-refractivity contribution in [2.24, 2.45) is 0 Å². The largest absolute Gasteiger partial charge is 0.452 e. The number of benzene rings is 1. The van der Waals surface area contributed by atoms with Crippen LogP contribution in [0, 0.1) is 0 Å². The quantitative estimate of drug-likeness (QED) is 0.527. The molecule has 2 amide bonds. The van der Waals surface area contributed by atoms with Crippen LogP contribution in [0.25, 0.3) is 0 Å². The summed E-state index contributed by atoms with van der Waals surface area (Å²) in [6.07, 6.45) is -0.275. The molecule has 9 nitrogen and oxygen atoms in total. The number of hydrogen-bond donors (Lipinski definition) is 3. The van der Waals surface area contributed by atoms with Gasteiger partial charge in [-0.1, -0.05) is 6.92 Å². The third kappa shape index (κ3) is 7.19. The van der Waals surface area contributed by atoms with E-state index >= 15 is 0 Å². The normalized spacial score (nSPS) is 12.1. The first-order chi connectivity index (χ1) is 12.2. The molecule has 0 spiro atoms. The van der Waals surface area contributed by atoms with Gasteiger partial charge in [0.15, 0.2) is 6.10 Å². The standard InChI is InChI=1S/C16H23N3O6S/c1-4-9-17-16(22)11(2)25-15(21)10-18-26(23,24)14-7-5-13(6-8-14)19-12(3)20/h5-8,11,18H,4,9-10H2,1-3H3,(H,17,22)(H,19,20)/t11-/m1/s1. The molecule has 0 bridgehead atoms. The van der Waals surface area contributed by atoms with Crippen LogP contribution in [0.4, 0.5) is 5.69 Å². The summed E-state index contributed by atoms with van der Waals surface area (Å²) in [5.41, 5.74) is 0.447. The maximum atomic E-state index is 12.1. The lowest BCUT2D eigenvalue weighted by Crippen LogP contribution is -2.39. The predicted molar refractivity (Wildman–Crippen MR) is 94.8 cm³/mol. The smallest absolute Gasteiger partial charge is 0.321 e. The van der Waals surface area contributed by atoms with Crippen molar-refractivity contribution in [3.05, 3.63) is 24.3 Å². The minimum atomic E-state index is -3.93. The van der Waals surface area contributed by atoms with Crippen LogP contribution in [0.15, 0.2) is 29.2 Å². The van der Waals surface area contributed by atoms with Gasteiger partial charge in [-0.15, -0.1) is 0 Å². The molecule has 0 unspecified atom stereocenters. The van der Waals surface area contributed by atoms with Crippen molar-refractivity contribution in [1.29, 1.82) is 0 Å². The Bertz CT molecular complexity index is 746. The first-order valence-electron chi connectivity index (χ1n) is 8.00. The second kappa shape index (κ2) is 9.88. The van der Waals surface area contributed by atoms with E-state index in [1.54, 1.807) is 0 Å². The molecule has 1 aromatic rings. The lowest BCUT2D eigenvalue weighted by Gasteiger charge is -2.13. The topological polar surface area (TPSA) is 131 Å². The van der Waals surface area contributed by atoms with E-state index in [2.05, 4.69) is 15.4 Å². The van der Waals surface area contributed by atoms with Gasteiger partial charge in [-0.3, -0.25) is 14.4 Å². The number of amides is 2. The molecule has 0 saturated heterocycles. The first kappa shape index (κ1) is 21.6. The molecule has 0 aromatic heterocycles. The number of sulfonamides is 1. The van der Waals surface area contributed by atoms with Gasteiger partial charge in [0.25, 0.3) is 5.91 Å². The van der Waals surface area contributed by atoms with Gasteiger partial charge in [-0.05, 0) is 37.6 Å². The number of ether oxygens (including phenoxy) is 1. The molecule has 1 atom stereocenters. The van der Waals surface area contributed by atoms with Crippen LogP contribution < -0.4 is 15.4 Å². The summed E-state index contributed by atoms with van der Waals surface area (Å²) < 4.78 is 31.3. The molecule has 0 aliphatic rings. The molecule has 0 aliphatic carbocycles. The Morgan fingerprint density at radius 2 is 1.77 bits per heavy atom. The minimum Gasteiger partial charge on any atom is -0.452 e. The first-order valence-corrected chi connectivity index (χ1v) is 9.48. The zero-order valence-corrected chi connectivity index (χ0v) is 15.7. The maximum Gasteiger partial charge on any atom is 0.321 e. The van der Waals surface area contributed by atoms with Crippen molar-refractivity contribution in [1.82, 2.24) is 10.0 Å². The maximum absolute atomic E-state index is 12.1. The highest BCUT2D eigenvalue weighted by Crippen LogP contribution is 2.13. The van der Waals surface area contributed by atoms with Crippen LogP contribution in [0.2, 0.25) is 0 Å². The zero-order chi connectivity index (χ0) is 19.7. The molecule has 3 N–H and O–H groups in total. The van der Waals surface area contributed by atoms with E-state index in [-0.39, 0.29) is 10.8 Å². The van der Waals surface area contributed by atoms with Gasteiger partial charge >= 0.3 is 5.97 Å². The Balaban J connectivity index is 2.58. The average Bonchev–Trinajstić information content (AvgIpc) is 2.57. The highest BCUT2D eigenvalue weighted by molar-refractivity contribution is 7.89. The summed E-state index contributed by atoms with van der Waals surface area (Å²) in [7, 11) is -3.93. The van der Waals surface area contributed by atoms with E-state index in [4.69, 9.17) is 4.74 Å². The van der Waals surface area contributed by atoms with Gasteiger partial charge in [0, 0.05) is 19.2 Å². The van der Waals surface area contributed by atoms with Crippen LogP contribution in [0.1, 0.15) is 27.2 Å². The SMILES string of the molecule is CCCNC(=O)[C@@H](C)OC(=O)CNS(=O)(=O)c1ccc(NC(C)=O)cc1. The summed E-state index contributed by atoms with van der Waals surface area (Å²) >= 11 is 0. The van der Waals surface area contributed by atoms with Crippen molar-refractivity contribution in [3.63, 3.8) is 0 Å². The third-order valence-electron chi connectivity index (χ3n) is 3.12. The Labute approximate surface area is 152 Å². The van der Waals surface area contributed by atoms with E-state index in [0.29, 0.717) is 12.2 Å². The zero-order valence-electron chi connectivity index (χ0n) is 14.9. The highest BCUT2D eigenvalue weighted by atomic mass is 32.2. The second-order valence-corrected chi connectivity index (χ2v) is 7.22. The molecule has 10 heteroatoms. The fraction of sp³-hybridized carbons (Fsp3) is 0.438. The van der Waals surface area contributed by atoms with Crippen LogP contribution >= 0.6 is 0 Å². The highest BCUT2D eigenvalue weighted by Gasteiger charge is 2.20. The van der Waals surface area contributed by atoms with Crippen LogP contribution in [-0.2, 0) is 29.1 Å². The Hall–Kier alpha value is -2.46. The van der Waals surface area contributed by atoms with Gasteiger partial charge in [0.1, 0.15) is 6.54 Å². The lowest BCUT2D eigenvalue weighted by atomic mass is 10.3. The van der Waals surface area contributed by atoms with Crippen LogP contribution in [0.3, 0.4) is 0 Å². The van der Waals surface area contributed by atoms with Gasteiger partial charge in [0.05, 0.1) is 4.90 Å². The van der Waals surface area contributed by atoms with E-state index in [9.17, 15) is 22.8 Å². The Morgan fingerprint density at radius 1 is 1.15 bits per heavy atom. The summed E-state index contributed by atoms with van der Waals surface area (Å²) in [5, 5.41) is 5.08. The average molecular weight is 385 g/mol. The number of nitrogens with one attached hydrogen (secondary N) is 3. The number of anilines is 1. The lowest BCUT2D eigenvalue weighted by molar-refractivity contribution is -0.153. The molecule has 0 fully saturated rings. The predicted octanol–water partition coefficient (Wildman–Crippen LogP) is 0.381. The molecule has 26 heavy (non-hydrogen) atoms. The summed E-state index contributed by atoms with van der Waals surface area (Å²) in [4.78, 5) is 34.2. The molecular formula is C16H23N3O6S. The monoisotopic (exact) mass is 385 g/mol. The van der Waals surface area contributed by atoms with Gasteiger partial charge in [-0.2, -0.15) is 4.72 Å². The number of esters is 1. The number of carbonyl (C=O) groups is 3. The summed E-state index contributed by atoms with van der Waals surface area (Å²) in [6.45, 7) is 4.47.